The van der Waals surface area contributed by atoms with Crippen molar-refractivity contribution in [1.82, 2.24) is 0 Å². The monoisotopic (exact) mass is 313 g/mol. The molecule has 1 unspecified atom stereocenters. The van der Waals surface area contributed by atoms with Crippen LogP contribution in [0.2, 0.25) is 0 Å². The summed E-state index contributed by atoms with van der Waals surface area (Å²) in [7, 11) is 0. The van der Waals surface area contributed by atoms with E-state index in [1.54, 1.807) is 11.8 Å². The van der Waals surface area contributed by atoms with Gasteiger partial charge in [0.1, 0.15) is 5.82 Å². The van der Waals surface area contributed by atoms with E-state index < -0.39 is 17.6 Å². The lowest BCUT2D eigenvalue weighted by molar-refractivity contribution is -0.137. The van der Waals surface area contributed by atoms with Crippen LogP contribution in [0.5, 0.6) is 0 Å². The van der Waals surface area contributed by atoms with Gasteiger partial charge in [-0.3, -0.25) is 0 Å². The van der Waals surface area contributed by atoms with Gasteiger partial charge in [0.25, 0.3) is 0 Å². The normalized spacial score (nSPS) is 17.6. The van der Waals surface area contributed by atoms with Crippen molar-refractivity contribution in [3.8, 4) is 0 Å². The summed E-state index contributed by atoms with van der Waals surface area (Å²) >= 11 is 1.60. The van der Waals surface area contributed by atoms with E-state index >= 15 is 0 Å². The first-order chi connectivity index (χ1) is 9.95. The first kappa shape index (κ1) is 14.3. The van der Waals surface area contributed by atoms with Crippen molar-refractivity contribution >= 4 is 17.4 Å². The van der Waals surface area contributed by atoms with Crippen molar-refractivity contribution < 1.29 is 17.6 Å². The SMILES string of the molecule is Fc1ccc(C(F)(F)F)cc1NC1CSc2ccccc21. The summed E-state index contributed by atoms with van der Waals surface area (Å²) < 4.78 is 51.8. The van der Waals surface area contributed by atoms with Gasteiger partial charge in [0.2, 0.25) is 0 Å². The van der Waals surface area contributed by atoms with Crippen LogP contribution in [-0.4, -0.2) is 5.75 Å². The lowest BCUT2D eigenvalue weighted by atomic mass is 10.1. The maximum Gasteiger partial charge on any atom is 0.416 e. The van der Waals surface area contributed by atoms with Crippen LogP contribution in [0, 0.1) is 5.82 Å². The second-order valence-electron chi connectivity index (χ2n) is 4.74. The minimum absolute atomic E-state index is 0.118. The molecule has 0 aliphatic carbocycles. The third kappa shape index (κ3) is 2.85. The highest BCUT2D eigenvalue weighted by Gasteiger charge is 2.32. The topological polar surface area (TPSA) is 12.0 Å². The third-order valence-corrected chi connectivity index (χ3v) is 4.51. The molecule has 1 heterocycles. The summed E-state index contributed by atoms with van der Waals surface area (Å²) in [6.07, 6.45) is -4.48. The maximum absolute atomic E-state index is 13.8. The Labute approximate surface area is 123 Å². The molecule has 1 aliphatic rings. The number of halogens is 4. The second-order valence-corrected chi connectivity index (χ2v) is 5.80. The fourth-order valence-electron chi connectivity index (χ4n) is 2.28. The van der Waals surface area contributed by atoms with E-state index in [1.165, 1.54) is 0 Å². The molecule has 6 heteroatoms. The summed E-state index contributed by atoms with van der Waals surface area (Å²) in [5.41, 5.74) is 0.0109. The van der Waals surface area contributed by atoms with Gasteiger partial charge in [0.15, 0.2) is 0 Å². The summed E-state index contributed by atoms with van der Waals surface area (Å²) in [5.74, 6) is -0.0212. The standard InChI is InChI=1S/C15H11F4NS/c16-11-6-5-9(15(17,18)19)7-12(11)20-13-8-21-14-4-2-1-3-10(13)14/h1-7,13,20H,8H2. The predicted molar refractivity (Wildman–Crippen MR) is 74.9 cm³/mol. The van der Waals surface area contributed by atoms with Gasteiger partial charge in [-0.15, -0.1) is 11.8 Å². The zero-order valence-electron chi connectivity index (χ0n) is 10.7. The van der Waals surface area contributed by atoms with Crippen LogP contribution in [0.15, 0.2) is 47.4 Å². The number of thioether (sulfide) groups is 1. The van der Waals surface area contributed by atoms with Gasteiger partial charge in [-0.25, -0.2) is 4.39 Å². The van der Waals surface area contributed by atoms with Gasteiger partial charge in [0, 0.05) is 10.6 Å². The van der Waals surface area contributed by atoms with E-state index in [-0.39, 0.29) is 11.7 Å². The number of alkyl halides is 3. The number of anilines is 1. The van der Waals surface area contributed by atoms with Gasteiger partial charge >= 0.3 is 6.18 Å². The van der Waals surface area contributed by atoms with Gasteiger partial charge in [-0.2, -0.15) is 13.2 Å². The molecule has 0 saturated heterocycles. The molecule has 3 rings (SSSR count). The molecular formula is C15H11F4NS. The van der Waals surface area contributed by atoms with Crippen LogP contribution >= 0.6 is 11.8 Å². The number of rotatable bonds is 2. The largest absolute Gasteiger partial charge is 0.416 e. The highest BCUT2D eigenvalue weighted by Crippen LogP contribution is 2.40. The molecule has 0 fully saturated rings. The Morgan fingerprint density at radius 2 is 1.86 bits per heavy atom. The number of hydrogen-bond donors (Lipinski definition) is 1. The third-order valence-electron chi connectivity index (χ3n) is 3.32. The number of nitrogens with one attached hydrogen (secondary N) is 1. The fourth-order valence-corrected chi connectivity index (χ4v) is 3.44. The molecule has 110 valence electrons. The Hall–Kier alpha value is -1.69. The molecule has 21 heavy (non-hydrogen) atoms. The van der Waals surface area contributed by atoms with Gasteiger partial charge < -0.3 is 5.32 Å². The minimum atomic E-state index is -4.48. The lowest BCUT2D eigenvalue weighted by Crippen LogP contribution is -2.13. The van der Waals surface area contributed by atoms with Crippen molar-refractivity contribution in [3.63, 3.8) is 0 Å². The molecule has 0 saturated carbocycles. The van der Waals surface area contributed by atoms with Crippen LogP contribution < -0.4 is 5.32 Å². The van der Waals surface area contributed by atoms with Gasteiger partial charge in [0.05, 0.1) is 17.3 Å². The Morgan fingerprint density at radius 3 is 2.62 bits per heavy atom. The molecule has 0 spiro atoms. The van der Waals surface area contributed by atoms with Crippen molar-refractivity contribution in [1.29, 1.82) is 0 Å². The molecule has 1 atom stereocenters. The zero-order valence-corrected chi connectivity index (χ0v) is 11.6. The first-order valence-electron chi connectivity index (χ1n) is 6.30. The summed E-state index contributed by atoms with van der Waals surface area (Å²) in [5, 5.41) is 2.88. The highest BCUT2D eigenvalue weighted by molar-refractivity contribution is 7.99. The van der Waals surface area contributed by atoms with E-state index in [0.717, 1.165) is 28.7 Å². The average molecular weight is 313 g/mol. The molecule has 2 aromatic rings. The van der Waals surface area contributed by atoms with Crippen molar-refractivity contribution in [3.05, 3.63) is 59.4 Å². The molecule has 0 radical (unpaired) electrons. The van der Waals surface area contributed by atoms with Crippen molar-refractivity contribution in [2.45, 2.75) is 17.1 Å². The number of fused-ring (bicyclic) bond motifs is 1. The van der Waals surface area contributed by atoms with Crippen LogP contribution in [0.1, 0.15) is 17.2 Å². The molecule has 1 nitrogen and oxygen atoms in total. The van der Waals surface area contributed by atoms with Gasteiger partial charge in [-0.05, 0) is 29.8 Å². The molecule has 1 N–H and O–H groups in total. The van der Waals surface area contributed by atoms with Crippen LogP contribution in [-0.2, 0) is 6.18 Å². The van der Waals surface area contributed by atoms with E-state index in [2.05, 4.69) is 5.32 Å². The Balaban J connectivity index is 1.89. The van der Waals surface area contributed by atoms with Crippen molar-refractivity contribution in [2.75, 3.05) is 11.1 Å². The molecule has 2 aromatic carbocycles. The van der Waals surface area contributed by atoms with Crippen molar-refractivity contribution in [2.24, 2.45) is 0 Å². The van der Waals surface area contributed by atoms with E-state index in [9.17, 15) is 17.6 Å². The molecule has 1 aliphatic heterocycles. The fraction of sp³-hybridized carbons (Fsp3) is 0.200. The lowest BCUT2D eigenvalue weighted by Gasteiger charge is -2.17. The second kappa shape index (κ2) is 5.26. The molecular weight excluding hydrogens is 302 g/mol. The molecule has 0 aromatic heterocycles. The Morgan fingerprint density at radius 1 is 1.10 bits per heavy atom. The quantitative estimate of drug-likeness (QED) is 0.774. The maximum atomic E-state index is 13.8. The molecule has 0 bridgehead atoms. The van der Waals surface area contributed by atoms with E-state index in [4.69, 9.17) is 0 Å². The highest BCUT2D eigenvalue weighted by atomic mass is 32.2. The summed E-state index contributed by atoms with van der Waals surface area (Å²) in [6, 6.07) is 9.84. The smallest absolute Gasteiger partial charge is 0.375 e. The van der Waals surface area contributed by atoms with Gasteiger partial charge in [-0.1, -0.05) is 18.2 Å². The number of benzene rings is 2. The van der Waals surface area contributed by atoms with Crippen LogP contribution in [0.3, 0.4) is 0 Å². The Kier molecular flexibility index (Phi) is 3.57. The van der Waals surface area contributed by atoms with Crippen LogP contribution in [0.25, 0.3) is 0 Å². The zero-order chi connectivity index (χ0) is 15.0. The number of hydrogen-bond acceptors (Lipinski definition) is 2. The predicted octanol–water partition coefficient (Wildman–Crippen LogP) is 5.10. The Bertz CT molecular complexity index is 669. The molecule has 0 amide bonds. The van der Waals surface area contributed by atoms with E-state index in [0.29, 0.717) is 5.75 Å². The average Bonchev–Trinajstić information content (AvgIpc) is 2.83. The summed E-state index contributed by atoms with van der Waals surface area (Å²) in [4.78, 5) is 1.07. The van der Waals surface area contributed by atoms with E-state index in [1.807, 2.05) is 24.3 Å². The first-order valence-corrected chi connectivity index (χ1v) is 7.29. The minimum Gasteiger partial charge on any atom is -0.375 e. The van der Waals surface area contributed by atoms with Crippen LogP contribution in [0.4, 0.5) is 23.2 Å². The summed E-state index contributed by atoms with van der Waals surface area (Å²) in [6.45, 7) is 0.